The summed E-state index contributed by atoms with van der Waals surface area (Å²) in [6.07, 6.45) is 1.01. The lowest BCUT2D eigenvalue weighted by atomic mass is 10.2. The molecule has 0 saturated carbocycles. The Bertz CT molecular complexity index is 508. The maximum absolute atomic E-state index is 9.22. The van der Waals surface area contributed by atoms with Crippen LogP contribution in [0.4, 0.5) is 5.69 Å². The Morgan fingerprint density at radius 1 is 1.11 bits per heavy atom. The van der Waals surface area contributed by atoms with Gasteiger partial charge in [-0.3, -0.25) is 0 Å². The van der Waals surface area contributed by atoms with E-state index in [0.717, 1.165) is 36.6 Å². The molecule has 0 spiro atoms. The number of phenols is 1. The predicted octanol–water partition coefficient (Wildman–Crippen LogP) is 3.79. The van der Waals surface area contributed by atoms with Crippen molar-refractivity contribution in [2.75, 3.05) is 11.9 Å². The molecule has 2 N–H and O–H groups in total. The topological polar surface area (TPSA) is 41.5 Å². The Hall–Kier alpha value is -2.16. The van der Waals surface area contributed by atoms with Crippen LogP contribution in [-0.4, -0.2) is 11.7 Å². The number of hydrogen-bond donors (Lipinski definition) is 2. The van der Waals surface area contributed by atoms with Crippen LogP contribution < -0.4 is 10.1 Å². The van der Waals surface area contributed by atoms with E-state index in [1.165, 1.54) is 0 Å². The largest absolute Gasteiger partial charge is 0.508 e. The van der Waals surface area contributed by atoms with Gasteiger partial charge in [0, 0.05) is 18.3 Å². The second-order valence-corrected chi connectivity index (χ2v) is 4.40. The molecule has 0 radical (unpaired) electrons. The molecule has 0 aromatic heterocycles. The molecule has 0 aliphatic carbocycles. The number of anilines is 1. The molecule has 0 bridgehead atoms. The van der Waals surface area contributed by atoms with Crippen molar-refractivity contribution < 1.29 is 9.84 Å². The van der Waals surface area contributed by atoms with E-state index in [1.807, 2.05) is 36.4 Å². The Kier molecular flexibility index (Phi) is 4.67. The number of phenolic OH excluding ortho intramolecular Hbond substituents is 1. The third kappa shape index (κ3) is 4.21. The first-order valence-electron chi connectivity index (χ1n) is 6.52. The maximum Gasteiger partial charge on any atom is 0.121 e. The van der Waals surface area contributed by atoms with Crippen molar-refractivity contribution in [3.63, 3.8) is 0 Å². The van der Waals surface area contributed by atoms with Crippen LogP contribution in [0.1, 0.15) is 18.9 Å². The SMILES string of the molecule is CCCOc1cccc(NCc2ccc(O)cc2)c1. The van der Waals surface area contributed by atoms with E-state index in [-0.39, 0.29) is 0 Å². The van der Waals surface area contributed by atoms with E-state index < -0.39 is 0 Å². The van der Waals surface area contributed by atoms with Crippen molar-refractivity contribution in [3.05, 3.63) is 54.1 Å². The first-order valence-corrected chi connectivity index (χ1v) is 6.52. The fourth-order valence-electron chi connectivity index (χ4n) is 1.73. The molecule has 100 valence electrons. The Balaban J connectivity index is 1.93. The molecule has 0 aliphatic heterocycles. The van der Waals surface area contributed by atoms with Gasteiger partial charge in [0.2, 0.25) is 0 Å². The third-order valence-corrected chi connectivity index (χ3v) is 2.74. The van der Waals surface area contributed by atoms with E-state index in [0.29, 0.717) is 5.75 Å². The lowest BCUT2D eigenvalue weighted by molar-refractivity contribution is 0.317. The van der Waals surface area contributed by atoms with Gasteiger partial charge < -0.3 is 15.2 Å². The van der Waals surface area contributed by atoms with Gasteiger partial charge in [0.1, 0.15) is 11.5 Å². The zero-order valence-electron chi connectivity index (χ0n) is 11.1. The van der Waals surface area contributed by atoms with Crippen molar-refractivity contribution in [3.8, 4) is 11.5 Å². The molecule has 0 aliphatic rings. The molecule has 0 heterocycles. The van der Waals surface area contributed by atoms with Gasteiger partial charge in [-0.2, -0.15) is 0 Å². The van der Waals surface area contributed by atoms with E-state index in [1.54, 1.807) is 12.1 Å². The Morgan fingerprint density at radius 2 is 1.89 bits per heavy atom. The second kappa shape index (κ2) is 6.69. The number of ether oxygens (including phenoxy) is 1. The van der Waals surface area contributed by atoms with Gasteiger partial charge in [-0.25, -0.2) is 0 Å². The van der Waals surface area contributed by atoms with E-state index in [9.17, 15) is 5.11 Å². The van der Waals surface area contributed by atoms with Crippen LogP contribution in [0.25, 0.3) is 0 Å². The van der Waals surface area contributed by atoms with E-state index in [4.69, 9.17) is 4.74 Å². The van der Waals surface area contributed by atoms with Crippen molar-refractivity contribution in [2.24, 2.45) is 0 Å². The van der Waals surface area contributed by atoms with E-state index >= 15 is 0 Å². The van der Waals surface area contributed by atoms with Crippen molar-refractivity contribution in [1.82, 2.24) is 0 Å². The average molecular weight is 257 g/mol. The second-order valence-electron chi connectivity index (χ2n) is 4.40. The summed E-state index contributed by atoms with van der Waals surface area (Å²) in [5, 5.41) is 12.6. The van der Waals surface area contributed by atoms with Crippen LogP contribution in [0.2, 0.25) is 0 Å². The van der Waals surface area contributed by atoms with Crippen LogP contribution in [-0.2, 0) is 6.54 Å². The molecule has 3 heteroatoms. The van der Waals surface area contributed by atoms with Crippen LogP contribution in [0, 0.1) is 0 Å². The monoisotopic (exact) mass is 257 g/mol. The van der Waals surface area contributed by atoms with Gasteiger partial charge in [0.25, 0.3) is 0 Å². The first kappa shape index (κ1) is 13.3. The third-order valence-electron chi connectivity index (χ3n) is 2.74. The van der Waals surface area contributed by atoms with Crippen molar-refractivity contribution in [1.29, 1.82) is 0 Å². The number of nitrogens with one attached hydrogen (secondary N) is 1. The Morgan fingerprint density at radius 3 is 2.63 bits per heavy atom. The molecule has 2 aromatic carbocycles. The molecule has 3 nitrogen and oxygen atoms in total. The Labute approximate surface area is 113 Å². The van der Waals surface area contributed by atoms with Crippen LogP contribution >= 0.6 is 0 Å². The summed E-state index contributed by atoms with van der Waals surface area (Å²) in [6, 6.07) is 15.1. The number of aromatic hydroxyl groups is 1. The summed E-state index contributed by atoms with van der Waals surface area (Å²) in [5.41, 5.74) is 2.15. The standard InChI is InChI=1S/C16H19NO2/c1-2-10-19-16-5-3-4-14(11-16)17-12-13-6-8-15(18)9-7-13/h3-9,11,17-18H,2,10,12H2,1H3. The molecule has 0 saturated heterocycles. The molecule has 0 unspecified atom stereocenters. The van der Waals surface area contributed by atoms with Crippen LogP contribution in [0.5, 0.6) is 11.5 Å². The highest BCUT2D eigenvalue weighted by Gasteiger charge is 1.97. The number of benzene rings is 2. The molecule has 19 heavy (non-hydrogen) atoms. The molecular weight excluding hydrogens is 238 g/mol. The predicted molar refractivity (Wildman–Crippen MR) is 77.7 cm³/mol. The minimum absolute atomic E-state index is 0.290. The molecule has 0 amide bonds. The van der Waals surface area contributed by atoms with E-state index in [2.05, 4.69) is 12.2 Å². The number of hydrogen-bond acceptors (Lipinski definition) is 3. The molecule has 2 aromatic rings. The normalized spacial score (nSPS) is 10.2. The highest BCUT2D eigenvalue weighted by atomic mass is 16.5. The average Bonchev–Trinajstić information content (AvgIpc) is 2.45. The summed E-state index contributed by atoms with van der Waals surface area (Å²) in [4.78, 5) is 0. The van der Waals surface area contributed by atoms with Crippen LogP contribution in [0.3, 0.4) is 0 Å². The smallest absolute Gasteiger partial charge is 0.121 e. The molecule has 0 fully saturated rings. The maximum atomic E-state index is 9.22. The number of rotatable bonds is 6. The summed E-state index contributed by atoms with van der Waals surface area (Å²) in [6.45, 7) is 3.55. The van der Waals surface area contributed by atoms with Gasteiger partial charge in [-0.05, 0) is 36.2 Å². The minimum Gasteiger partial charge on any atom is -0.508 e. The minimum atomic E-state index is 0.290. The van der Waals surface area contributed by atoms with Gasteiger partial charge in [0.05, 0.1) is 6.61 Å². The lowest BCUT2D eigenvalue weighted by Gasteiger charge is -2.09. The summed E-state index contributed by atoms with van der Waals surface area (Å²) in [5.74, 6) is 1.18. The zero-order valence-corrected chi connectivity index (χ0v) is 11.1. The summed E-state index contributed by atoms with van der Waals surface area (Å²) < 4.78 is 5.59. The van der Waals surface area contributed by atoms with Gasteiger partial charge in [0.15, 0.2) is 0 Å². The first-order chi connectivity index (χ1) is 9.28. The molecule has 2 rings (SSSR count). The quantitative estimate of drug-likeness (QED) is 0.827. The fraction of sp³-hybridized carbons (Fsp3) is 0.250. The molecule has 0 atom stereocenters. The van der Waals surface area contributed by atoms with Gasteiger partial charge in [-0.15, -0.1) is 0 Å². The highest BCUT2D eigenvalue weighted by molar-refractivity contribution is 5.48. The van der Waals surface area contributed by atoms with Gasteiger partial charge in [-0.1, -0.05) is 25.1 Å². The summed E-state index contributed by atoms with van der Waals surface area (Å²) in [7, 11) is 0. The molecular formula is C16H19NO2. The van der Waals surface area contributed by atoms with Crippen molar-refractivity contribution >= 4 is 5.69 Å². The highest BCUT2D eigenvalue weighted by Crippen LogP contribution is 2.18. The summed E-state index contributed by atoms with van der Waals surface area (Å²) >= 11 is 0. The van der Waals surface area contributed by atoms with Gasteiger partial charge >= 0.3 is 0 Å². The van der Waals surface area contributed by atoms with Crippen LogP contribution in [0.15, 0.2) is 48.5 Å². The zero-order chi connectivity index (χ0) is 13.5. The fourth-order valence-corrected chi connectivity index (χ4v) is 1.73. The van der Waals surface area contributed by atoms with Crippen molar-refractivity contribution in [2.45, 2.75) is 19.9 Å². The lowest BCUT2D eigenvalue weighted by Crippen LogP contribution is -2.00.